The molecule has 29 heavy (non-hydrogen) atoms. The number of aryl methyl sites for hydroxylation is 1. The Morgan fingerprint density at radius 2 is 1.59 bits per heavy atom. The van der Waals surface area contributed by atoms with Crippen molar-refractivity contribution in [3.8, 4) is 0 Å². The summed E-state index contributed by atoms with van der Waals surface area (Å²) in [7, 11) is -1.35. The van der Waals surface area contributed by atoms with Gasteiger partial charge in [0.1, 0.15) is 0 Å². The molecule has 1 aliphatic heterocycles. The van der Waals surface area contributed by atoms with Crippen molar-refractivity contribution in [2.45, 2.75) is 25.6 Å². The van der Waals surface area contributed by atoms with Crippen LogP contribution in [0.2, 0.25) is 0 Å². The van der Waals surface area contributed by atoms with E-state index in [2.05, 4.69) is 10.2 Å². The molecule has 0 bridgehead atoms. The van der Waals surface area contributed by atoms with Gasteiger partial charge in [-0.1, -0.05) is 42.0 Å². The molecule has 0 aliphatic carbocycles. The van der Waals surface area contributed by atoms with Gasteiger partial charge in [-0.3, -0.25) is 4.79 Å². The molecule has 156 valence electrons. The zero-order valence-electron chi connectivity index (χ0n) is 17.3. The van der Waals surface area contributed by atoms with Crippen molar-refractivity contribution in [3.05, 3.63) is 70.8 Å². The number of carbonyl (C=O) groups is 1. The molecular formula is C22H29N3O3S. The molecule has 0 radical (unpaired) electrons. The van der Waals surface area contributed by atoms with Gasteiger partial charge in [0.2, 0.25) is 10.0 Å². The number of nitrogens with zero attached hydrogens (tertiary/aromatic N) is 2. The average Bonchev–Trinajstić information content (AvgIpc) is 2.69. The van der Waals surface area contributed by atoms with Gasteiger partial charge in [0, 0.05) is 31.7 Å². The lowest BCUT2D eigenvalue weighted by atomic mass is 10.1. The van der Waals surface area contributed by atoms with E-state index in [1.54, 1.807) is 28.6 Å². The second-order valence-corrected chi connectivity index (χ2v) is 9.73. The van der Waals surface area contributed by atoms with E-state index in [4.69, 9.17) is 0 Å². The topological polar surface area (TPSA) is 69.7 Å². The van der Waals surface area contributed by atoms with E-state index >= 15 is 0 Å². The number of sulfonamides is 1. The normalized spacial score (nSPS) is 17.1. The SMILES string of the molecule is Cc1ccc(C(C)NC(=O)c2ccc(CS(=O)(=O)N3CCN(C)CC3)cc2)cc1. The molecule has 3 rings (SSSR count). The molecule has 7 heteroatoms. The van der Waals surface area contributed by atoms with Crippen LogP contribution in [0.3, 0.4) is 0 Å². The summed E-state index contributed by atoms with van der Waals surface area (Å²) in [5, 5.41) is 2.99. The third-order valence-electron chi connectivity index (χ3n) is 5.35. The number of amides is 1. The van der Waals surface area contributed by atoms with Crippen LogP contribution in [0.4, 0.5) is 0 Å². The van der Waals surface area contributed by atoms with Gasteiger partial charge in [-0.15, -0.1) is 0 Å². The number of piperazine rings is 1. The molecule has 0 saturated carbocycles. The maximum atomic E-state index is 12.6. The molecule has 1 heterocycles. The Morgan fingerprint density at radius 3 is 2.17 bits per heavy atom. The van der Waals surface area contributed by atoms with Crippen molar-refractivity contribution in [1.82, 2.24) is 14.5 Å². The van der Waals surface area contributed by atoms with Crippen LogP contribution in [0, 0.1) is 6.92 Å². The number of hydrogen-bond donors (Lipinski definition) is 1. The van der Waals surface area contributed by atoms with E-state index in [1.165, 1.54) is 5.56 Å². The summed E-state index contributed by atoms with van der Waals surface area (Å²) in [6, 6.07) is 14.8. The highest BCUT2D eigenvalue weighted by Crippen LogP contribution is 2.16. The Labute approximate surface area is 173 Å². The summed E-state index contributed by atoms with van der Waals surface area (Å²) < 4.78 is 26.8. The van der Waals surface area contributed by atoms with Crippen LogP contribution >= 0.6 is 0 Å². The van der Waals surface area contributed by atoms with Crippen molar-refractivity contribution < 1.29 is 13.2 Å². The zero-order chi connectivity index (χ0) is 21.0. The summed E-state index contributed by atoms with van der Waals surface area (Å²) >= 11 is 0. The molecule has 0 aromatic heterocycles. The molecule has 1 aliphatic rings. The molecule has 1 unspecified atom stereocenters. The van der Waals surface area contributed by atoms with Gasteiger partial charge in [-0.25, -0.2) is 8.42 Å². The van der Waals surface area contributed by atoms with E-state index in [0.717, 1.165) is 18.7 Å². The number of rotatable bonds is 6. The fourth-order valence-corrected chi connectivity index (χ4v) is 4.85. The number of hydrogen-bond acceptors (Lipinski definition) is 4. The average molecular weight is 416 g/mol. The number of carbonyl (C=O) groups excluding carboxylic acids is 1. The summed E-state index contributed by atoms with van der Waals surface area (Å²) in [5.74, 6) is -0.218. The molecular weight excluding hydrogens is 386 g/mol. The molecule has 2 aromatic rings. The van der Waals surface area contributed by atoms with E-state index < -0.39 is 10.0 Å². The minimum absolute atomic E-state index is 0.0433. The maximum absolute atomic E-state index is 12.6. The Hall–Kier alpha value is -2.22. The minimum atomic E-state index is -3.35. The van der Waals surface area contributed by atoms with Crippen LogP contribution in [-0.4, -0.2) is 56.8 Å². The zero-order valence-corrected chi connectivity index (χ0v) is 18.1. The Kier molecular flexibility index (Phi) is 6.72. The molecule has 1 N–H and O–H groups in total. The molecule has 1 saturated heterocycles. The van der Waals surface area contributed by atoms with E-state index in [9.17, 15) is 13.2 Å². The highest BCUT2D eigenvalue weighted by Gasteiger charge is 2.25. The lowest BCUT2D eigenvalue weighted by molar-refractivity contribution is 0.0940. The van der Waals surface area contributed by atoms with Crippen LogP contribution < -0.4 is 5.32 Å². The minimum Gasteiger partial charge on any atom is -0.346 e. The maximum Gasteiger partial charge on any atom is 0.251 e. The highest BCUT2D eigenvalue weighted by molar-refractivity contribution is 7.88. The van der Waals surface area contributed by atoms with Gasteiger partial charge >= 0.3 is 0 Å². The summed E-state index contributed by atoms with van der Waals surface area (Å²) in [6.45, 7) is 6.51. The van der Waals surface area contributed by atoms with Crippen molar-refractivity contribution in [2.24, 2.45) is 0 Å². The summed E-state index contributed by atoms with van der Waals surface area (Å²) in [4.78, 5) is 14.6. The third kappa shape index (κ3) is 5.65. The van der Waals surface area contributed by atoms with Gasteiger partial charge in [-0.05, 0) is 44.2 Å². The van der Waals surface area contributed by atoms with Crippen molar-refractivity contribution in [1.29, 1.82) is 0 Å². The smallest absolute Gasteiger partial charge is 0.251 e. The molecule has 1 fully saturated rings. The predicted octanol–water partition coefficient (Wildman–Crippen LogP) is 2.56. The summed E-state index contributed by atoms with van der Waals surface area (Å²) in [5.41, 5.74) is 3.42. The summed E-state index contributed by atoms with van der Waals surface area (Å²) in [6.07, 6.45) is 0. The second-order valence-electron chi connectivity index (χ2n) is 7.76. The van der Waals surface area contributed by atoms with Gasteiger partial charge < -0.3 is 10.2 Å². The quantitative estimate of drug-likeness (QED) is 0.787. The fraction of sp³-hybridized carbons (Fsp3) is 0.409. The number of benzene rings is 2. The molecule has 1 atom stereocenters. The first-order chi connectivity index (χ1) is 13.7. The molecule has 1 amide bonds. The monoisotopic (exact) mass is 415 g/mol. The van der Waals surface area contributed by atoms with E-state index in [1.807, 2.05) is 45.2 Å². The van der Waals surface area contributed by atoms with Gasteiger partial charge in [0.05, 0.1) is 11.8 Å². The van der Waals surface area contributed by atoms with Crippen LogP contribution in [0.5, 0.6) is 0 Å². The Balaban J connectivity index is 1.60. The Morgan fingerprint density at radius 1 is 1.00 bits per heavy atom. The first-order valence-corrected chi connectivity index (χ1v) is 11.5. The number of nitrogens with one attached hydrogen (secondary N) is 1. The first kappa shape index (κ1) is 21.5. The van der Waals surface area contributed by atoms with Crippen LogP contribution in [0.15, 0.2) is 48.5 Å². The molecule has 6 nitrogen and oxygen atoms in total. The van der Waals surface area contributed by atoms with E-state index in [-0.39, 0.29) is 17.7 Å². The first-order valence-electron chi connectivity index (χ1n) is 9.87. The fourth-order valence-electron chi connectivity index (χ4n) is 3.34. The van der Waals surface area contributed by atoms with Crippen molar-refractivity contribution >= 4 is 15.9 Å². The lowest BCUT2D eigenvalue weighted by Crippen LogP contribution is -2.47. The van der Waals surface area contributed by atoms with Crippen LogP contribution in [0.1, 0.15) is 40.0 Å². The van der Waals surface area contributed by atoms with Crippen LogP contribution in [0.25, 0.3) is 0 Å². The van der Waals surface area contributed by atoms with Crippen LogP contribution in [-0.2, 0) is 15.8 Å². The largest absolute Gasteiger partial charge is 0.346 e. The molecule has 0 spiro atoms. The molecule has 2 aromatic carbocycles. The van der Waals surface area contributed by atoms with Gasteiger partial charge in [-0.2, -0.15) is 4.31 Å². The second kappa shape index (κ2) is 9.07. The number of likely N-dealkylation sites (N-methyl/N-ethyl adjacent to an activating group) is 1. The standard InChI is InChI=1S/C22H29N3O3S/c1-17-4-8-20(9-5-17)18(2)23-22(26)21-10-6-19(7-11-21)16-29(27,28)25-14-12-24(3)13-15-25/h4-11,18H,12-16H2,1-3H3,(H,23,26). The van der Waals surface area contributed by atoms with Gasteiger partial charge in [0.25, 0.3) is 5.91 Å². The van der Waals surface area contributed by atoms with Crippen molar-refractivity contribution in [2.75, 3.05) is 33.2 Å². The van der Waals surface area contributed by atoms with Crippen molar-refractivity contribution in [3.63, 3.8) is 0 Å². The van der Waals surface area contributed by atoms with E-state index in [0.29, 0.717) is 24.2 Å². The lowest BCUT2D eigenvalue weighted by Gasteiger charge is -2.31. The Bertz CT molecular complexity index is 932. The third-order valence-corrected chi connectivity index (χ3v) is 7.20. The van der Waals surface area contributed by atoms with Gasteiger partial charge in [0.15, 0.2) is 0 Å². The predicted molar refractivity (Wildman–Crippen MR) is 115 cm³/mol. The highest BCUT2D eigenvalue weighted by atomic mass is 32.2.